The van der Waals surface area contributed by atoms with Gasteiger partial charge in [-0.2, -0.15) is 5.10 Å². The lowest BCUT2D eigenvalue weighted by Gasteiger charge is -2.37. The van der Waals surface area contributed by atoms with Gasteiger partial charge in [-0.25, -0.2) is 9.67 Å². The van der Waals surface area contributed by atoms with Crippen LogP contribution in [0.2, 0.25) is 0 Å². The zero-order valence-corrected chi connectivity index (χ0v) is 28.4. The van der Waals surface area contributed by atoms with Gasteiger partial charge in [0, 0.05) is 42.0 Å². The van der Waals surface area contributed by atoms with Crippen LogP contribution in [0.25, 0.3) is 55.7 Å². The van der Waals surface area contributed by atoms with Crippen molar-refractivity contribution >= 4 is 21.9 Å². The van der Waals surface area contributed by atoms with E-state index in [0.29, 0.717) is 6.54 Å². The third-order valence-electron chi connectivity index (χ3n) is 10.3. The number of benzene rings is 6. The molecule has 52 heavy (non-hydrogen) atoms. The number of hydrogen-bond donors (Lipinski definition) is 2. The van der Waals surface area contributed by atoms with Crippen molar-refractivity contribution in [2.75, 3.05) is 0 Å². The van der Waals surface area contributed by atoms with Gasteiger partial charge in [0.2, 0.25) is 0 Å². The fraction of sp³-hybridized carbons (Fsp3) is 0.0652. The number of pyridine rings is 1. The van der Waals surface area contributed by atoms with Crippen LogP contribution >= 0.6 is 0 Å². The zero-order chi connectivity index (χ0) is 34.5. The second kappa shape index (κ2) is 12.3. The van der Waals surface area contributed by atoms with E-state index in [4.69, 9.17) is 10.1 Å². The van der Waals surface area contributed by atoms with E-state index in [-0.39, 0.29) is 0 Å². The maximum Gasteiger partial charge on any atom is 0.159 e. The molecule has 6 nitrogen and oxygen atoms in total. The van der Waals surface area contributed by atoms with E-state index in [9.17, 15) is 0 Å². The molecule has 3 aromatic heterocycles. The largest absolute Gasteiger partial charge is 0.337 e. The predicted molar refractivity (Wildman–Crippen MR) is 209 cm³/mol. The summed E-state index contributed by atoms with van der Waals surface area (Å²) in [5.41, 5.74) is 12.9. The quantitative estimate of drug-likeness (QED) is 0.183. The van der Waals surface area contributed by atoms with Crippen molar-refractivity contribution in [1.82, 2.24) is 30.0 Å². The Morgan fingerprint density at radius 3 is 1.96 bits per heavy atom. The highest BCUT2D eigenvalue weighted by Gasteiger charge is 2.41. The van der Waals surface area contributed by atoms with Gasteiger partial charge < -0.3 is 10.3 Å². The molecule has 0 fully saturated rings. The molecule has 6 aromatic carbocycles. The highest BCUT2D eigenvalue weighted by Crippen LogP contribution is 2.44. The summed E-state index contributed by atoms with van der Waals surface area (Å²) in [5.74, 6) is 0.723. The first-order valence-electron chi connectivity index (χ1n) is 17.7. The zero-order valence-electron chi connectivity index (χ0n) is 28.4. The Kier molecular flexibility index (Phi) is 7.15. The molecule has 4 heterocycles. The predicted octanol–water partition coefficient (Wildman–Crippen LogP) is 9.75. The number of para-hydroxylation sites is 1. The van der Waals surface area contributed by atoms with Crippen LogP contribution in [0.3, 0.4) is 0 Å². The molecule has 0 spiro atoms. The molecule has 0 saturated heterocycles. The van der Waals surface area contributed by atoms with E-state index >= 15 is 0 Å². The van der Waals surface area contributed by atoms with E-state index < -0.39 is 5.54 Å². The van der Waals surface area contributed by atoms with Gasteiger partial charge in [0.15, 0.2) is 5.82 Å². The molecular formula is C46H34N6. The van der Waals surface area contributed by atoms with Crippen LogP contribution < -0.4 is 5.32 Å². The molecule has 9 aromatic rings. The molecule has 1 aliphatic heterocycles. The first-order chi connectivity index (χ1) is 25.8. The number of nitrogens with zero attached hydrogens (tertiary/aromatic N) is 4. The minimum atomic E-state index is -0.802. The lowest BCUT2D eigenvalue weighted by molar-refractivity contribution is 0.477. The average Bonchev–Trinajstić information content (AvgIpc) is 3.82. The summed E-state index contributed by atoms with van der Waals surface area (Å²) in [6.45, 7) is 1.46. The number of rotatable bonds is 4. The Bertz CT molecular complexity index is 2620. The van der Waals surface area contributed by atoms with Crippen LogP contribution in [0.1, 0.15) is 27.8 Å². The lowest BCUT2D eigenvalue weighted by atomic mass is 9.77. The van der Waals surface area contributed by atoms with Gasteiger partial charge in [0.05, 0.1) is 16.6 Å². The summed E-state index contributed by atoms with van der Waals surface area (Å²) in [6, 6.07) is 56.1. The summed E-state index contributed by atoms with van der Waals surface area (Å²) in [5, 5.41) is 10.3. The Morgan fingerprint density at radius 2 is 1.23 bits per heavy atom. The maximum absolute atomic E-state index is 5.65. The van der Waals surface area contributed by atoms with Gasteiger partial charge in [-0.05, 0) is 69.3 Å². The molecule has 10 rings (SSSR count). The molecular weight excluding hydrogens is 637 g/mol. The van der Waals surface area contributed by atoms with Crippen molar-refractivity contribution in [2.45, 2.75) is 18.6 Å². The number of aromatic nitrogens is 5. The number of aromatic amines is 1. The van der Waals surface area contributed by atoms with Crippen molar-refractivity contribution in [2.24, 2.45) is 0 Å². The second-order valence-corrected chi connectivity index (χ2v) is 13.5. The summed E-state index contributed by atoms with van der Waals surface area (Å²) in [4.78, 5) is 13.7. The third kappa shape index (κ3) is 4.88. The number of imidazole rings is 1. The van der Waals surface area contributed by atoms with Gasteiger partial charge in [-0.15, -0.1) is 0 Å². The molecule has 0 unspecified atom stereocenters. The highest BCUT2D eigenvalue weighted by molar-refractivity contribution is 5.99. The van der Waals surface area contributed by atoms with Crippen LogP contribution in [0, 0.1) is 0 Å². The fourth-order valence-corrected chi connectivity index (χ4v) is 7.95. The van der Waals surface area contributed by atoms with Gasteiger partial charge in [-0.1, -0.05) is 127 Å². The number of fused-ring (bicyclic) bond motifs is 9. The summed E-state index contributed by atoms with van der Waals surface area (Å²) in [6.07, 6.45) is 3.89. The number of nitrogens with one attached hydrogen (secondary N) is 2. The molecule has 248 valence electrons. The van der Waals surface area contributed by atoms with Crippen LogP contribution in [0.15, 0.2) is 170 Å². The Balaban J connectivity index is 1.32. The minimum Gasteiger partial charge on any atom is -0.337 e. The molecule has 0 amide bonds. The normalized spacial score (nSPS) is 12.8. The van der Waals surface area contributed by atoms with Crippen molar-refractivity contribution < 1.29 is 0 Å². The Morgan fingerprint density at radius 1 is 0.558 bits per heavy atom. The van der Waals surface area contributed by atoms with Crippen molar-refractivity contribution in [3.8, 4) is 33.8 Å². The lowest BCUT2D eigenvalue weighted by Crippen LogP contribution is -2.38. The molecule has 6 heteroatoms. The van der Waals surface area contributed by atoms with E-state index in [1.807, 2.05) is 12.4 Å². The topological polar surface area (TPSA) is 71.4 Å². The molecule has 0 saturated carbocycles. The Labute approximate surface area is 301 Å². The second-order valence-electron chi connectivity index (χ2n) is 13.5. The number of H-pyrrole nitrogens is 1. The van der Waals surface area contributed by atoms with E-state index in [0.717, 1.165) is 84.5 Å². The van der Waals surface area contributed by atoms with E-state index in [1.54, 1.807) is 0 Å². The average molecular weight is 671 g/mol. The maximum atomic E-state index is 5.65. The van der Waals surface area contributed by atoms with Gasteiger partial charge >= 0.3 is 0 Å². The SMILES string of the molecule is c1ccc(C(c2ccccc2)(c2ccccc2)n2nc3c4cc(ccc42)-c2cncc(c2)CNCc2cccc(c2)-c2cccc4[nH]c-3nc24)cc1. The third-order valence-corrected chi connectivity index (χ3v) is 10.3. The standard InChI is InChI=1S/C46H34N6/c1-4-14-36(15-5-1)46(37-16-6-2-7-17-37,38-18-8-3-9-19-38)52-42-23-22-33-26-40(42)44(51-52)45-49-41-21-11-20-39(43(41)50-45)34-13-10-12-31(24-34)27-47-28-32-25-35(33)30-48-29-32/h1-26,29-30,47H,27-28H2,(H,49,50). The summed E-state index contributed by atoms with van der Waals surface area (Å²) in [7, 11) is 0. The van der Waals surface area contributed by atoms with Gasteiger partial charge in [0.25, 0.3) is 0 Å². The van der Waals surface area contributed by atoms with Crippen molar-refractivity contribution in [3.63, 3.8) is 0 Å². The van der Waals surface area contributed by atoms with Crippen molar-refractivity contribution in [3.05, 3.63) is 198 Å². The molecule has 2 N–H and O–H groups in total. The van der Waals surface area contributed by atoms with Crippen LogP contribution in [-0.4, -0.2) is 24.7 Å². The highest BCUT2D eigenvalue weighted by atomic mass is 15.3. The van der Waals surface area contributed by atoms with Gasteiger partial charge in [-0.3, -0.25) is 4.98 Å². The van der Waals surface area contributed by atoms with Crippen LogP contribution in [0.5, 0.6) is 0 Å². The van der Waals surface area contributed by atoms with Crippen molar-refractivity contribution in [1.29, 1.82) is 0 Å². The first kappa shape index (κ1) is 30.2. The van der Waals surface area contributed by atoms with Crippen LogP contribution in [-0.2, 0) is 18.6 Å². The molecule has 0 atom stereocenters. The van der Waals surface area contributed by atoms with E-state index in [1.165, 1.54) is 5.56 Å². The smallest absolute Gasteiger partial charge is 0.159 e. The van der Waals surface area contributed by atoms with E-state index in [2.05, 4.69) is 178 Å². The summed E-state index contributed by atoms with van der Waals surface area (Å²) >= 11 is 0. The first-order valence-corrected chi connectivity index (χ1v) is 17.7. The fourth-order valence-electron chi connectivity index (χ4n) is 7.95. The monoisotopic (exact) mass is 670 g/mol. The molecule has 0 radical (unpaired) electrons. The summed E-state index contributed by atoms with van der Waals surface area (Å²) < 4.78 is 2.22. The number of hydrogen-bond acceptors (Lipinski definition) is 4. The van der Waals surface area contributed by atoms with Crippen LogP contribution in [0.4, 0.5) is 0 Å². The minimum absolute atomic E-state index is 0.710. The molecule has 0 aliphatic carbocycles. The van der Waals surface area contributed by atoms with Gasteiger partial charge in [0.1, 0.15) is 11.2 Å². The molecule has 1 aliphatic rings. The Hall–Kier alpha value is -6.63. The molecule has 8 bridgehead atoms.